The average Bonchev–Trinajstić information content (AvgIpc) is 3.27. The van der Waals surface area contributed by atoms with Crippen LogP contribution in [0.2, 0.25) is 5.02 Å². The minimum Gasteiger partial charge on any atom is -0.457 e. The quantitative estimate of drug-likeness (QED) is 0.392. The molecule has 2 fully saturated rings. The maximum Gasteiger partial charge on any atom is 0.259 e. The van der Waals surface area contributed by atoms with Crippen LogP contribution in [0.25, 0.3) is 17.4 Å². The lowest BCUT2D eigenvalue weighted by molar-refractivity contribution is -0.135. The maximum atomic E-state index is 13.3. The van der Waals surface area contributed by atoms with Crippen molar-refractivity contribution in [3.8, 4) is 11.3 Å². The Morgan fingerprint density at radius 3 is 1.83 bits per heavy atom. The van der Waals surface area contributed by atoms with Crippen LogP contribution in [-0.2, 0) is 9.59 Å². The number of carbonyl (C=O) groups excluding carboxylic acids is 2. The molecule has 0 spiro atoms. The zero-order valence-corrected chi connectivity index (χ0v) is 17.9. The number of piperidine rings is 2. The van der Waals surface area contributed by atoms with Gasteiger partial charge in [0, 0.05) is 36.8 Å². The lowest BCUT2D eigenvalue weighted by atomic mass is 10.1. The monoisotopic (exact) mass is 426 g/mol. The van der Waals surface area contributed by atoms with Crippen molar-refractivity contribution in [2.24, 2.45) is 0 Å². The number of carbonyl (C=O) groups is 2. The predicted molar refractivity (Wildman–Crippen MR) is 118 cm³/mol. The maximum absolute atomic E-state index is 13.3. The molecule has 30 heavy (non-hydrogen) atoms. The standard InChI is InChI=1S/C24H27ClN2O3/c25-19-9-7-18(8-10-19)22-12-11-20(30-22)17-21(23(28)26-13-3-1-4-14-26)24(29)27-15-5-2-6-16-27/h7-12,17H,1-6,13-16H2. The Balaban J connectivity index is 1.62. The number of amides is 2. The molecular weight excluding hydrogens is 400 g/mol. The van der Waals surface area contributed by atoms with Gasteiger partial charge in [-0.2, -0.15) is 0 Å². The fourth-order valence-corrected chi connectivity index (χ4v) is 4.22. The third kappa shape index (κ3) is 4.78. The van der Waals surface area contributed by atoms with Crippen molar-refractivity contribution in [1.82, 2.24) is 9.80 Å². The van der Waals surface area contributed by atoms with Crippen LogP contribution in [0.5, 0.6) is 0 Å². The van der Waals surface area contributed by atoms with E-state index < -0.39 is 0 Å². The van der Waals surface area contributed by atoms with Crippen molar-refractivity contribution in [3.05, 3.63) is 52.8 Å². The molecular formula is C24H27ClN2O3. The van der Waals surface area contributed by atoms with E-state index in [4.69, 9.17) is 16.0 Å². The summed E-state index contributed by atoms with van der Waals surface area (Å²) < 4.78 is 5.95. The van der Waals surface area contributed by atoms with Crippen LogP contribution < -0.4 is 0 Å². The second kappa shape index (κ2) is 9.52. The first-order valence-electron chi connectivity index (χ1n) is 10.8. The number of rotatable bonds is 4. The van der Waals surface area contributed by atoms with E-state index in [1.165, 1.54) is 0 Å². The summed E-state index contributed by atoms with van der Waals surface area (Å²) in [7, 11) is 0. The Bertz CT molecular complexity index is 888. The van der Waals surface area contributed by atoms with E-state index in [0.29, 0.717) is 42.7 Å². The zero-order valence-electron chi connectivity index (χ0n) is 17.1. The molecule has 0 saturated carbocycles. The van der Waals surface area contributed by atoms with E-state index in [2.05, 4.69) is 0 Å². The molecule has 0 atom stereocenters. The first kappa shape index (κ1) is 20.7. The van der Waals surface area contributed by atoms with Gasteiger partial charge in [-0.25, -0.2) is 0 Å². The predicted octanol–water partition coefficient (Wildman–Crippen LogP) is 5.01. The average molecular weight is 427 g/mol. The van der Waals surface area contributed by atoms with Gasteiger partial charge in [-0.15, -0.1) is 0 Å². The first-order chi connectivity index (χ1) is 14.6. The molecule has 1 aromatic carbocycles. The Hall–Kier alpha value is -2.53. The summed E-state index contributed by atoms with van der Waals surface area (Å²) in [5.74, 6) is 0.809. The molecule has 0 bridgehead atoms. The number of furan rings is 1. The number of halogens is 1. The lowest BCUT2D eigenvalue weighted by Crippen LogP contribution is -2.43. The molecule has 0 unspecified atom stereocenters. The molecule has 0 aliphatic carbocycles. The van der Waals surface area contributed by atoms with Gasteiger partial charge in [-0.3, -0.25) is 9.59 Å². The SMILES string of the molecule is O=C(C(=Cc1ccc(-c2ccc(Cl)cc2)o1)C(=O)N1CCCCC1)N1CCCCC1. The fourth-order valence-electron chi connectivity index (χ4n) is 4.09. The summed E-state index contributed by atoms with van der Waals surface area (Å²) >= 11 is 5.97. The second-order valence-corrected chi connectivity index (χ2v) is 8.41. The van der Waals surface area contributed by atoms with Crippen molar-refractivity contribution in [2.75, 3.05) is 26.2 Å². The van der Waals surface area contributed by atoms with E-state index in [9.17, 15) is 9.59 Å². The molecule has 2 aliphatic rings. The number of likely N-dealkylation sites (tertiary alicyclic amines) is 2. The minimum atomic E-state index is -0.185. The van der Waals surface area contributed by atoms with E-state index in [1.807, 2.05) is 18.2 Å². The number of hydrogen-bond acceptors (Lipinski definition) is 3. The molecule has 0 N–H and O–H groups in total. The number of benzene rings is 1. The van der Waals surface area contributed by atoms with Crippen molar-refractivity contribution in [1.29, 1.82) is 0 Å². The van der Waals surface area contributed by atoms with Gasteiger partial charge in [-0.05, 0) is 81.0 Å². The van der Waals surface area contributed by atoms with Crippen LogP contribution in [0.4, 0.5) is 0 Å². The van der Waals surface area contributed by atoms with Crippen molar-refractivity contribution in [2.45, 2.75) is 38.5 Å². The summed E-state index contributed by atoms with van der Waals surface area (Å²) in [6, 6.07) is 11.0. The van der Waals surface area contributed by atoms with E-state index in [1.54, 1.807) is 34.1 Å². The Morgan fingerprint density at radius 2 is 1.30 bits per heavy atom. The van der Waals surface area contributed by atoms with Gasteiger partial charge >= 0.3 is 0 Å². The molecule has 2 saturated heterocycles. The summed E-state index contributed by atoms with van der Waals surface area (Å²) in [5.41, 5.74) is 1.10. The highest BCUT2D eigenvalue weighted by atomic mass is 35.5. The van der Waals surface area contributed by atoms with Crippen molar-refractivity contribution < 1.29 is 14.0 Å². The van der Waals surface area contributed by atoms with Gasteiger partial charge < -0.3 is 14.2 Å². The molecule has 3 heterocycles. The normalized spacial score (nSPS) is 17.0. The molecule has 0 radical (unpaired) electrons. The number of hydrogen-bond donors (Lipinski definition) is 0. The highest BCUT2D eigenvalue weighted by molar-refractivity contribution is 6.30. The highest BCUT2D eigenvalue weighted by Crippen LogP contribution is 2.26. The fraction of sp³-hybridized carbons (Fsp3) is 0.417. The molecule has 2 aliphatic heterocycles. The Morgan fingerprint density at radius 1 is 0.767 bits per heavy atom. The highest BCUT2D eigenvalue weighted by Gasteiger charge is 2.29. The van der Waals surface area contributed by atoms with Crippen LogP contribution in [0, 0.1) is 0 Å². The third-order valence-electron chi connectivity index (χ3n) is 5.79. The van der Waals surface area contributed by atoms with Gasteiger partial charge in [-0.1, -0.05) is 11.6 Å². The van der Waals surface area contributed by atoms with Crippen LogP contribution in [0.3, 0.4) is 0 Å². The third-order valence-corrected chi connectivity index (χ3v) is 6.04. The minimum absolute atomic E-state index is 0.185. The molecule has 5 nitrogen and oxygen atoms in total. The summed E-state index contributed by atoms with van der Waals surface area (Å²) in [4.78, 5) is 30.1. The van der Waals surface area contributed by atoms with Gasteiger partial charge in [0.25, 0.3) is 11.8 Å². The Kier molecular flexibility index (Phi) is 6.58. The van der Waals surface area contributed by atoms with Crippen LogP contribution in [0.1, 0.15) is 44.3 Å². The molecule has 4 rings (SSSR count). The van der Waals surface area contributed by atoms with Crippen LogP contribution in [-0.4, -0.2) is 47.8 Å². The molecule has 6 heteroatoms. The second-order valence-electron chi connectivity index (χ2n) is 7.97. The van der Waals surface area contributed by atoms with Gasteiger partial charge in [0.05, 0.1) is 0 Å². The summed E-state index contributed by atoms with van der Waals surface area (Å²) in [6.07, 6.45) is 7.82. The first-order valence-corrected chi connectivity index (χ1v) is 11.2. The molecule has 1 aromatic heterocycles. The van der Waals surface area contributed by atoms with E-state index in [-0.39, 0.29) is 17.4 Å². The van der Waals surface area contributed by atoms with Crippen molar-refractivity contribution in [3.63, 3.8) is 0 Å². The van der Waals surface area contributed by atoms with Crippen LogP contribution in [0.15, 0.2) is 46.4 Å². The summed E-state index contributed by atoms with van der Waals surface area (Å²) in [5, 5.41) is 0.659. The Labute approximate surface area is 182 Å². The van der Waals surface area contributed by atoms with Gasteiger partial charge in [0.1, 0.15) is 17.1 Å². The van der Waals surface area contributed by atoms with E-state index >= 15 is 0 Å². The number of nitrogens with zero attached hydrogens (tertiary/aromatic N) is 2. The van der Waals surface area contributed by atoms with E-state index in [0.717, 1.165) is 44.1 Å². The largest absolute Gasteiger partial charge is 0.457 e. The smallest absolute Gasteiger partial charge is 0.259 e. The zero-order chi connectivity index (χ0) is 20.9. The molecule has 2 aromatic rings. The summed E-state index contributed by atoms with van der Waals surface area (Å²) in [6.45, 7) is 2.82. The van der Waals surface area contributed by atoms with Crippen LogP contribution >= 0.6 is 11.6 Å². The lowest BCUT2D eigenvalue weighted by Gasteiger charge is -2.31. The topological polar surface area (TPSA) is 53.8 Å². The van der Waals surface area contributed by atoms with Crippen molar-refractivity contribution >= 4 is 29.5 Å². The van der Waals surface area contributed by atoms with Gasteiger partial charge in [0.15, 0.2) is 0 Å². The molecule has 158 valence electrons. The van der Waals surface area contributed by atoms with Gasteiger partial charge in [0.2, 0.25) is 0 Å². The molecule has 2 amide bonds.